The average molecular weight is 404 g/mol. The number of hydrogen-bond acceptors (Lipinski definition) is 7. The van der Waals surface area contributed by atoms with Crippen molar-refractivity contribution in [1.29, 1.82) is 0 Å². The lowest BCUT2D eigenvalue weighted by Crippen LogP contribution is -2.61. The van der Waals surface area contributed by atoms with Crippen molar-refractivity contribution in [2.45, 2.75) is 69.0 Å². The van der Waals surface area contributed by atoms with Crippen molar-refractivity contribution in [2.75, 3.05) is 13.1 Å². The van der Waals surface area contributed by atoms with Crippen LogP contribution in [0.25, 0.3) is 0 Å². The smallest absolute Gasteiger partial charge is 0.248 e. The van der Waals surface area contributed by atoms with Gasteiger partial charge in [-0.25, -0.2) is 18.4 Å². The van der Waals surface area contributed by atoms with Gasteiger partial charge in [-0.15, -0.1) is 0 Å². The van der Waals surface area contributed by atoms with Gasteiger partial charge in [0.2, 0.25) is 10.0 Å². The van der Waals surface area contributed by atoms with Crippen LogP contribution in [-0.4, -0.2) is 40.9 Å². The average Bonchev–Trinajstić information content (AvgIpc) is 3.21. The Morgan fingerprint density at radius 1 is 1.18 bits per heavy atom. The molecular formula is C19H24N4O4S. The fourth-order valence-electron chi connectivity index (χ4n) is 4.69. The van der Waals surface area contributed by atoms with Gasteiger partial charge in [-0.05, 0) is 26.7 Å². The van der Waals surface area contributed by atoms with Crippen LogP contribution in [0.15, 0.2) is 15.6 Å². The third-order valence-electron chi connectivity index (χ3n) is 6.26. The highest BCUT2D eigenvalue weighted by atomic mass is 32.2. The van der Waals surface area contributed by atoms with Gasteiger partial charge in [0.15, 0.2) is 5.76 Å². The van der Waals surface area contributed by atoms with E-state index in [1.807, 2.05) is 6.20 Å². The van der Waals surface area contributed by atoms with Crippen molar-refractivity contribution in [2.24, 2.45) is 0 Å². The Kier molecular flexibility index (Phi) is 4.12. The Labute approximate surface area is 164 Å². The van der Waals surface area contributed by atoms with Gasteiger partial charge in [-0.2, -0.15) is 4.31 Å². The summed E-state index contributed by atoms with van der Waals surface area (Å²) in [6.45, 7) is 4.19. The maximum Gasteiger partial charge on any atom is 0.248 e. The topological polar surface area (TPSA) is 98.4 Å². The minimum atomic E-state index is -3.66. The highest BCUT2D eigenvalue weighted by Crippen LogP contribution is 2.45. The Balaban J connectivity index is 1.38. The summed E-state index contributed by atoms with van der Waals surface area (Å²) in [5.41, 5.74) is 1.58. The predicted octanol–water partition coefficient (Wildman–Crippen LogP) is 2.56. The summed E-state index contributed by atoms with van der Waals surface area (Å²) < 4.78 is 38.4. The van der Waals surface area contributed by atoms with Gasteiger partial charge >= 0.3 is 0 Å². The molecule has 0 atom stereocenters. The second-order valence-electron chi connectivity index (χ2n) is 8.13. The monoisotopic (exact) mass is 404 g/mol. The number of rotatable bonds is 3. The summed E-state index contributed by atoms with van der Waals surface area (Å²) in [4.78, 5) is 9.58. The molecule has 2 aromatic rings. The van der Waals surface area contributed by atoms with E-state index in [4.69, 9.17) is 14.2 Å². The van der Waals surface area contributed by atoms with Crippen molar-refractivity contribution in [1.82, 2.24) is 19.4 Å². The molecule has 1 aliphatic carbocycles. The minimum absolute atomic E-state index is 0.157. The maximum absolute atomic E-state index is 13.0. The molecule has 5 rings (SSSR count). The molecule has 28 heavy (non-hydrogen) atoms. The molecule has 150 valence electrons. The number of aryl methyl sites for hydroxylation is 2. The van der Waals surface area contributed by atoms with Gasteiger partial charge in [0, 0.05) is 30.8 Å². The molecule has 9 heteroatoms. The molecule has 0 bridgehead atoms. The minimum Gasteiger partial charge on any atom is -0.361 e. The normalized spacial score (nSPS) is 22.4. The summed E-state index contributed by atoms with van der Waals surface area (Å²) in [6, 6.07) is 0. The zero-order valence-electron chi connectivity index (χ0n) is 16.1. The Hall–Kier alpha value is -1.84. The van der Waals surface area contributed by atoms with Crippen molar-refractivity contribution in [3.8, 4) is 0 Å². The fraction of sp³-hybridized carbons (Fsp3) is 0.632. The van der Waals surface area contributed by atoms with Crippen LogP contribution >= 0.6 is 0 Å². The van der Waals surface area contributed by atoms with E-state index in [1.165, 1.54) is 23.6 Å². The summed E-state index contributed by atoms with van der Waals surface area (Å²) >= 11 is 0. The van der Waals surface area contributed by atoms with Gasteiger partial charge < -0.3 is 9.26 Å². The zero-order chi connectivity index (χ0) is 19.5. The standard InChI is InChI=1S/C19H24N4O4S/c1-12-17(13(2)27-22-12)28(24,25)23-10-19(11-23)15-8-20-18(21-16(15)9-26-19)14-6-4-3-5-7-14/h8,14H,3-7,9-11H2,1-2H3. The van der Waals surface area contributed by atoms with E-state index in [-0.39, 0.29) is 18.0 Å². The van der Waals surface area contributed by atoms with Crippen LogP contribution in [0.2, 0.25) is 0 Å². The van der Waals surface area contributed by atoms with Crippen LogP contribution in [0.3, 0.4) is 0 Å². The number of nitrogens with zero attached hydrogens (tertiary/aromatic N) is 4. The lowest BCUT2D eigenvalue weighted by molar-refractivity contribution is -0.112. The van der Waals surface area contributed by atoms with E-state index >= 15 is 0 Å². The van der Waals surface area contributed by atoms with Gasteiger partial charge in [0.1, 0.15) is 22.0 Å². The number of aromatic nitrogens is 3. The molecule has 2 aromatic heterocycles. The largest absolute Gasteiger partial charge is 0.361 e. The molecule has 0 unspecified atom stereocenters. The predicted molar refractivity (Wildman–Crippen MR) is 99.1 cm³/mol. The Morgan fingerprint density at radius 2 is 1.93 bits per heavy atom. The van der Waals surface area contributed by atoms with Crippen LogP contribution in [-0.2, 0) is 27.0 Å². The van der Waals surface area contributed by atoms with E-state index in [2.05, 4.69) is 10.1 Å². The lowest BCUT2D eigenvalue weighted by atomic mass is 9.87. The van der Waals surface area contributed by atoms with Crippen molar-refractivity contribution in [3.63, 3.8) is 0 Å². The molecule has 1 spiro atoms. The first kappa shape index (κ1) is 18.2. The van der Waals surface area contributed by atoms with Gasteiger partial charge in [0.25, 0.3) is 0 Å². The maximum atomic E-state index is 13.0. The number of sulfonamides is 1. The number of hydrogen-bond donors (Lipinski definition) is 0. The van der Waals surface area contributed by atoms with Gasteiger partial charge in [-0.3, -0.25) is 0 Å². The highest BCUT2D eigenvalue weighted by Gasteiger charge is 2.55. The molecule has 0 N–H and O–H groups in total. The first-order chi connectivity index (χ1) is 13.4. The van der Waals surface area contributed by atoms with E-state index in [0.717, 1.165) is 29.9 Å². The third-order valence-corrected chi connectivity index (χ3v) is 8.30. The highest BCUT2D eigenvalue weighted by molar-refractivity contribution is 7.89. The molecule has 0 amide bonds. The molecule has 1 saturated heterocycles. The van der Waals surface area contributed by atoms with Gasteiger partial charge in [0.05, 0.1) is 12.3 Å². The molecule has 2 aliphatic heterocycles. The van der Waals surface area contributed by atoms with Crippen LogP contribution in [0.1, 0.15) is 66.6 Å². The molecule has 0 radical (unpaired) electrons. The molecule has 4 heterocycles. The SMILES string of the molecule is Cc1noc(C)c1S(=O)(=O)N1CC2(C1)OCc1nc(C3CCCCC3)ncc12. The summed E-state index contributed by atoms with van der Waals surface area (Å²) in [6.07, 6.45) is 7.92. The summed E-state index contributed by atoms with van der Waals surface area (Å²) in [5.74, 6) is 1.67. The molecular weight excluding hydrogens is 380 g/mol. The summed E-state index contributed by atoms with van der Waals surface area (Å²) in [7, 11) is -3.66. The second kappa shape index (κ2) is 6.33. The summed E-state index contributed by atoms with van der Waals surface area (Å²) in [5, 5.41) is 3.77. The molecule has 1 saturated carbocycles. The first-order valence-corrected chi connectivity index (χ1v) is 11.3. The lowest BCUT2D eigenvalue weighted by Gasteiger charge is -2.45. The fourth-order valence-corrected chi connectivity index (χ4v) is 6.52. The van der Waals surface area contributed by atoms with Crippen LogP contribution < -0.4 is 0 Å². The molecule has 3 aliphatic rings. The van der Waals surface area contributed by atoms with Crippen molar-refractivity contribution >= 4 is 10.0 Å². The quantitative estimate of drug-likeness (QED) is 0.775. The van der Waals surface area contributed by atoms with E-state index in [9.17, 15) is 8.42 Å². The molecule has 8 nitrogen and oxygen atoms in total. The molecule has 0 aromatic carbocycles. The third kappa shape index (κ3) is 2.63. The van der Waals surface area contributed by atoms with E-state index in [0.29, 0.717) is 24.0 Å². The first-order valence-electron chi connectivity index (χ1n) is 9.84. The number of fused-ring (bicyclic) bond motifs is 2. The number of ether oxygens (including phenoxy) is 1. The van der Waals surface area contributed by atoms with E-state index in [1.54, 1.807) is 13.8 Å². The van der Waals surface area contributed by atoms with Gasteiger partial charge in [-0.1, -0.05) is 24.4 Å². The Morgan fingerprint density at radius 3 is 2.61 bits per heavy atom. The van der Waals surface area contributed by atoms with Crippen LogP contribution in [0, 0.1) is 13.8 Å². The van der Waals surface area contributed by atoms with Crippen LogP contribution in [0.4, 0.5) is 0 Å². The Bertz CT molecular complexity index is 1000. The van der Waals surface area contributed by atoms with Crippen molar-refractivity contribution < 1.29 is 17.7 Å². The second-order valence-corrected chi connectivity index (χ2v) is 10.0. The van der Waals surface area contributed by atoms with E-state index < -0.39 is 15.6 Å². The van der Waals surface area contributed by atoms with Crippen LogP contribution in [0.5, 0.6) is 0 Å². The molecule has 2 fully saturated rings. The van der Waals surface area contributed by atoms with Crippen molar-refractivity contribution in [3.05, 3.63) is 34.7 Å². The zero-order valence-corrected chi connectivity index (χ0v) is 17.0.